The molecule has 1 amide bonds. The van der Waals surface area contributed by atoms with Crippen molar-refractivity contribution in [1.29, 1.82) is 0 Å². The fourth-order valence-corrected chi connectivity index (χ4v) is 1.64. The highest BCUT2D eigenvalue weighted by molar-refractivity contribution is 5.97. The third kappa shape index (κ3) is 1.56. The van der Waals surface area contributed by atoms with Gasteiger partial charge in [-0.2, -0.15) is 0 Å². The third-order valence-electron chi connectivity index (χ3n) is 2.41. The molecule has 84 valence electrons. The van der Waals surface area contributed by atoms with Crippen molar-refractivity contribution in [3.05, 3.63) is 27.4 Å². The lowest BCUT2D eigenvalue weighted by atomic mass is 10.1. The molecule has 2 heterocycles. The number of hydrogen-bond acceptors (Lipinski definition) is 5. The number of pyridine rings is 1. The molecule has 1 aliphatic heterocycles. The van der Waals surface area contributed by atoms with Gasteiger partial charge in [-0.25, -0.2) is 4.98 Å². The first-order valence-corrected chi connectivity index (χ1v) is 4.77. The number of hydrogen-bond donors (Lipinski definition) is 2. The van der Waals surface area contributed by atoms with Crippen molar-refractivity contribution in [2.45, 2.75) is 6.42 Å². The van der Waals surface area contributed by atoms with E-state index in [4.69, 9.17) is 0 Å². The Morgan fingerprint density at radius 3 is 3.00 bits per heavy atom. The van der Waals surface area contributed by atoms with E-state index in [0.29, 0.717) is 18.7 Å². The summed E-state index contributed by atoms with van der Waals surface area (Å²) in [7, 11) is 1.56. The zero-order valence-electron chi connectivity index (χ0n) is 8.61. The van der Waals surface area contributed by atoms with Crippen molar-refractivity contribution in [2.75, 3.05) is 18.9 Å². The van der Waals surface area contributed by atoms with Gasteiger partial charge in [0, 0.05) is 26.1 Å². The summed E-state index contributed by atoms with van der Waals surface area (Å²) in [4.78, 5) is 25.8. The highest BCUT2D eigenvalue weighted by Gasteiger charge is 2.24. The van der Waals surface area contributed by atoms with Gasteiger partial charge in [-0.3, -0.25) is 14.9 Å². The second-order valence-corrected chi connectivity index (χ2v) is 3.36. The minimum absolute atomic E-state index is 0.182. The Morgan fingerprint density at radius 1 is 1.62 bits per heavy atom. The van der Waals surface area contributed by atoms with Crippen LogP contribution in [0.5, 0.6) is 0 Å². The van der Waals surface area contributed by atoms with Crippen molar-refractivity contribution < 1.29 is 9.72 Å². The van der Waals surface area contributed by atoms with E-state index in [-0.39, 0.29) is 23.0 Å². The number of nitrogens with zero attached hydrogens (tertiary/aromatic N) is 2. The van der Waals surface area contributed by atoms with Crippen LogP contribution in [0.3, 0.4) is 0 Å². The second kappa shape index (κ2) is 3.76. The lowest BCUT2D eigenvalue weighted by molar-refractivity contribution is -0.384. The van der Waals surface area contributed by atoms with Crippen LogP contribution in [0.25, 0.3) is 0 Å². The quantitative estimate of drug-likeness (QED) is 0.554. The number of fused-ring (bicyclic) bond motifs is 1. The van der Waals surface area contributed by atoms with E-state index in [1.165, 1.54) is 6.07 Å². The van der Waals surface area contributed by atoms with E-state index < -0.39 is 4.92 Å². The van der Waals surface area contributed by atoms with Gasteiger partial charge in [0.2, 0.25) is 5.82 Å². The molecular weight excluding hydrogens is 212 g/mol. The molecule has 1 aromatic rings. The van der Waals surface area contributed by atoms with E-state index >= 15 is 0 Å². The monoisotopic (exact) mass is 222 g/mol. The predicted molar refractivity (Wildman–Crippen MR) is 56.5 cm³/mol. The average molecular weight is 222 g/mol. The fourth-order valence-electron chi connectivity index (χ4n) is 1.64. The smallest absolute Gasteiger partial charge is 0.312 e. The van der Waals surface area contributed by atoms with E-state index in [9.17, 15) is 14.9 Å². The lowest BCUT2D eigenvalue weighted by Crippen LogP contribution is -2.32. The van der Waals surface area contributed by atoms with Crippen molar-refractivity contribution in [3.8, 4) is 0 Å². The molecule has 0 aromatic carbocycles. The highest BCUT2D eigenvalue weighted by atomic mass is 16.6. The van der Waals surface area contributed by atoms with Crippen LogP contribution in [0.2, 0.25) is 0 Å². The Kier molecular flexibility index (Phi) is 2.43. The minimum Gasteiger partial charge on any atom is -0.367 e. The maximum absolute atomic E-state index is 11.5. The van der Waals surface area contributed by atoms with Gasteiger partial charge in [0.25, 0.3) is 5.91 Å². The first kappa shape index (κ1) is 10.3. The Hall–Kier alpha value is -2.18. The molecular formula is C9H10N4O3. The van der Waals surface area contributed by atoms with Crippen LogP contribution >= 0.6 is 0 Å². The van der Waals surface area contributed by atoms with Crippen LogP contribution in [0.1, 0.15) is 16.1 Å². The normalized spacial score (nSPS) is 13.9. The van der Waals surface area contributed by atoms with Crippen LogP contribution < -0.4 is 10.6 Å². The van der Waals surface area contributed by atoms with Gasteiger partial charge in [0.05, 0.1) is 16.2 Å². The number of amides is 1. The summed E-state index contributed by atoms with van der Waals surface area (Å²) >= 11 is 0. The molecule has 0 saturated carbocycles. The molecule has 0 unspecified atom stereocenters. The Bertz CT molecular complexity index is 461. The first-order chi connectivity index (χ1) is 7.63. The summed E-state index contributed by atoms with van der Waals surface area (Å²) in [5.41, 5.74) is 0.703. The average Bonchev–Trinajstić information content (AvgIpc) is 2.27. The van der Waals surface area contributed by atoms with Gasteiger partial charge in [0.1, 0.15) is 0 Å². The number of nitrogens with one attached hydrogen (secondary N) is 2. The molecule has 1 aliphatic rings. The summed E-state index contributed by atoms with van der Waals surface area (Å²) in [6, 6.07) is 1.27. The van der Waals surface area contributed by atoms with E-state index in [0.717, 1.165) is 0 Å². The molecule has 0 atom stereocenters. The molecule has 0 saturated heterocycles. The number of rotatable bonds is 2. The van der Waals surface area contributed by atoms with Crippen LogP contribution in [-0.4, -0.2) is 29.4 Å². The van der Waals surface area contributed by atoms with Crippen LogP contribution in [0.15, 0.2) is 6.07 Å². The minimum atomic E-state index is -0.555. The van der Waals surface area contributed by atoms with Crippen molar-refractivity contribution in [3.63, 3.8) is 0 Å². The van der Waals surface area contributed by atoms with E-state index in [1.54, 1.807) is 7.05 Å². The predicted octanol–water partition coefficient (Wildman–Crippen LogP) is 0.317. The van der Waals surface area contributed by atoms with Gasteiger partial charge in [-0.15, -0.1) is 0 Å². The van der Waals surface area contributed by atoms with Gasteiger partial charge >= 0.3 is 5.69 Å². The topological polar surface area (TPSA) is 97.2 Å². The lowest BCUT2D eigenvalue weighted by Gasteiger charge is -2.16. The third-order valence-corrected chi connectivity index (χ3v) is 2.41. The number of nitro groups is 1. The largest absolute Gasteiger partial charge is 0.367 e. The van der Waals surface area contributed by atoms with Crippen LogP contribution in [0.4, 0.5) is 11.5 Å². The first-order valence-electron chi connectivity index (χ1n) is 4.77. The molecule has 0 radical (unpaired) electrons. The van der Waals surface area contributed by atoms with Crippen molar-refractivity contribution >= 4 is 17.4 Å². The summed E-state index contributed by atoms with van der Waals surface area (Å²) in [6.07, 6.45) is 0.591. The van der Waals surface area contributed by atoms with Crippen LogP contribution in [0, 0.1) is 10.1 Å². The summed E-state index contributed by atoms with van der Waals surface area (Å²) in [6.45, 7) is 0.514. The zero-order chi connectivity index (χ0) is 11.7. The molecule has 16 heavy (non-hydrogen) atoms. The molecule has 0 fully saturated rings. The molecule has 7 nitrogen and oxygen atoms in total. The molecule has 0 spiro atoms. The number of anilines is 1. The Morgan fingerprint density at radius 2 is 2.38 bits per heavy atom. The summed E-state index contributed by atoms with van der Waals surface area (Å²) in [5.74, 6) is -0.113. The fraction of sp³-hybridized carbons (Fsp3) is 0.333. The molecule has 2 rings (SSSR count). The van der Waals surface area contributed by atoms with Gasteiger partial charge in [-0.05, 0) is 0 Å². The van der Waals surface area contributed by atoms with Gasteiger partial charge in [0.15, 0.2) is 0 Å². The Labute approximate surface area is 91.0 Å². The highest BCUT2D eigenvalue weighted by Crippen LogP contribution is 2.26. The second-order valence-electron chi connectivity index (χ2n) is 3.36. The molecule has 1 aromatic heterocycles. The number of carbonyl (C=O) groups is 1. The zero-order valence-corrected chi connectivity index (χ0v) is 8.61. The van der Waals surface area contributed by atoms with E-state index in [1.807, 2.05) is 0 Å². The molecule has 0 aliphatic carbocycles. The Balaban J connectivity index is 2.60. The summed E-state index contributed by atoms with van der Waals surface area (Å²) in [5, 5.41) is 16.0. The van der Waals surface area contributed by atoms with Gasteiger partial charge in [-0.1, -0.05) is 0 Å². The summed E-state index contributed by atoms with van der Waals surface area (Å²) < 4.78 is 0. The SMILES string of the molecule is CNc1nc2c(cc1[N+](=O)[O-])C(=O)NCC2. The van der Waals surface area contributed by atoms with Crippen molar-refractivity contribution in [1.82, 2.24) is 10.3 Å². The molecule has 0 bridgehead atoms. The maximum atomic E-state index is 11.5. The molecule has 2 N–H and O–H groups in total. The van der Waals surface area contributed by atoms with Crippen LogP contribution in [-0.2, 0) is 6.42 Å². The standard InChI is InChI=1S/C9H10N4O3/c1-10-8-7(13(15)16)4-5-6(12-8)2-3-11-9(5)14/h4H,2-3H2,1H3,(H,10,12)(H,11,14). The molecule has 7 heteroatoms. The van der Waals surface area contributed by atoms with Crippen molar-refractivity contribution in [2.24, 2.45) is 0 Å². The maximum Gasteiger partial charge on any atom is 0.312 e. The van der Waals surface area contributed by atoms with Gasteiger partial charge < -0.3 is 10.6 Å². The number of carbonyl (C=O) groups excluding carboxylic acids is 1. The van der Waals surface area contributed by atoms with E-state index in [2.05, 4.69) is 15.6 Å². The number of aromatic nitrogens is 1.